The van der Waals surface area contributed by atoms with Crippen LogP contribution in [0, 0.1) is 0 Å². The Morgan fingerprint density at radius 2 is 1.91 bits per heavy atom. The number of nitrogens with one attached hydrogen (secondary N) is 2. The number of H-pyrrole nitrogens is 1. The number of carbonyl (C=O) groups excluding carboxylic acids is 1. The molecule has 0 aliphatic carbocycles. The first-order chi connectivity index (χ1) is 10.5. The highest BCUT2D eigenvalue weighted by Crippen LogP contribution is 2.18. The standard InChI is InChI=1S/C17H19ClN2O2/c1-3-4-11(2)19-16(21)14-9-10-15(20-17(14)22)12-5-7-13(18)8-6-12/h5-11H,3-4H2,1-2H3,(H,19,21)(H,20,22)/t11-/m0/s1. The van der Waals surface area contributed by atoms with Crippen molar-refractivity contribution < 1.29 is 4.79 Å². The van der Waals surface area contributed by atoms with Gasteiger partial charge in [-0.2, -0.15) is 0 Å². The summed E-state index contributed by atoms with van der Waals surface area (Å²) in [7, 11) is 0. The lowest BCUT2D eigenvalue weighted by molar-refractivity contribution is 0.0937. The van der Waals surface area contributed by atoms with Gasteiger partial charge in [-0.1, -0.05) is 37.1 Å². The van der Waals surface area contributed by atoms with Crippen molar-refractivity contribution in [2.45, 2.75) is 32.7 Å². The van der Waals surface area contributed by atoms with Crippen molar-refractivity contribution in [1.82, 2.24) is 10.3 Å². The molecule has 5 heteroatoms. The third-order valence-electron chi connectivity index (χ3n) is 3.41. The second kappa shape index (κ2) is 7.27. The van der Waals surface area contributed by atoms with Crippen LogP contribution in [0.3, 0.4) is 0 Å². The molecule has 1 atom stereocenters. The number of aromatic nitrogens is 1. The van der Waals surface area contributed by atoms with E-state index in [-0.39, 0.29) is 17.5 Å². The zero-order chi connectivity index (χ0) is 16.1. The van der Waals surface area contributed by atoms with Gasteiger partial charge in [-0.3, -0.25) is 9.59 Å². The average molecular weight is 319 g/mol. The monoisotopic (exact) mass is 318 g/mol. The van der Waals surface area contributed by atoms with Gasteiger partial charge in [0.05, 0.1) is 0 Å². The van der Waals surface area contributed by atoms with Crippen molar-refractivity contribution in [2.24, 2.45) is 0 Å². The maximum atomic E-state index is 12.1. The molecule has 2 rings (SSSR count). The summed E-state index contributed by atoms with van der Waals surface area (Å²) in [6.45, 7) is 3.98. The topological polar surface area (TPSA) is 62.0 Å². The molecule has 0 spiro atoms. The molecule has 0 saturated heterocycles. The largest absolute Gasteiger partial charge is 0.349 e. The molecule has 4 nitrogen and oxygen atoms in total. The number of benzene rings is 1. The van der Waals surface area contributed by atoms with Gasteiger partial charge in [-0.25, -0.2) is 0 Å². The van der Waals surface area contributed by atoms with Gasteiger partial charge in [0.15, 0.2) is 0 Å². The van der Waals surface area contributed by atoms with Crippen molar-refractivity contribution in [3.63, 3.8) is 0 Å². The van der Waals surface area contributed by atoms with Crippen LogP contribution >= 0.6 is 11.6 Å². The van der Waals surface area contributed by atoms with E-state index in [4.69, 9.17) is 11.6 Å². The SMILES string of the molecule is CCC[C@H](C)NC(=O)c1ccc(-c2ccc(Cl)cc2)[nH]c1=O. The Bertz CT molecular complexity index is 707. The lowest BCUT2D eigenvalue weighted by Crippen LogP contribution is -2.35. The van der Waals surface area contributed by atoms with Crippen LogP contribution in [0.5, 0.6) is 0 Å². The fourth-order valence-corrected chi connectivity index (χ4v) is 2.38. The molecule has 0 saturated carbocycles. The summed E-state index contributed by atoms with van der Waals surface area (Å²) in [5, 5.41) is 3.46. The van der Waals surface area contributed by atoms with Crippen molar-refractivity contribution in [3.05, 3.63) is 57.3 Å². The molecule has 1 aromatic carbocycles. The van der Waals surface area contributed by atoms with Crippen LogP contribution < -0.4 is 10.9 Å². The van der Waals surface area contributed by atoms with E-state index in [0.717, 1.165) is 18.4 Å². The molecule has 116 valence electrons. The van der Waals surface area contributed by atoms with Gasteiger partial charge < -0.3 is 10.3 Å². The first-order valence-corrected chi connectivity index (χ1v) is 7.69. The van der Waals surface area contributed by atoms with E-state index in [1.54, 1.807) is 24.3 Å². The van der Waals surface area contributed by atoms with E-state index in [2.05, 4.69) is 17.2 Å². The number of rotatable bonds is 5. The van der Waals surface area contributed by atoms with Crippen LogP contribution in [0.4, 0.5) is 0 Å². The van der Waals surface area contributed by atoms with Gasteiger partial charge in [0, 0.05) is 16.8 Å². The fraction of sp³-hybridized carbons (Fsp3) is 0.294. The first-order valence-electron chi connectivity index (χ1n) is 7.31. The molecule has 0 aliphatic rings. The smallest absolute Gasteiger partial charge is 0.261 e. The Morgan fingerprint density at radius 1 is 1.23 bits per heavy atom. The van der Waals surface area contributed by atoms with Gasteiger partial charge in [-0.05, 0) is 43.2 Å². The predicted octanol–water partition coefficient (Wildman–Crippen LogP) is 3.61. The highest BCUT2D eigenvalue weighted by Gasteiger charge is 2.13. The lowest BCUT2D eigenvalue weighted by Gasteiger charge is -2.12. The van der Waals surface area contributed by atoms with Gasteiger partial charge >= 0.3 is 0 Å². The number of amides is 1. The van der Waals surface area contributed by atoms with Crippen molar-refractivity contribution in [1.29, 1.82) is 0 Å². The zero-order valence-corrected chi connectivity index (χ0v) is 13.4. The molecular weight excluding hydrogens is 300 g/mol. The molecule has 2 N–H and O–H groups in total. The molecule has 0 fully saturated rings. The zero-order valence-electron chi connectivity index (χ0n) is 12.7. The average Bonchev–Trinajstić information content (AvgIpc) is 2.47. The molecule has 2 aromatic rings. The lowest BCUT2D eigenvalue weighted by atomic mass is 10.1. The van der Waals surface area contributed by atoms with Gasteiger partial charge in [0.2, 0.25) is 0 Å². The molecule has 0 radical (unpaired) electrons. The third kappa shape index (κ3) is 3.98. The number of hydrogen-bond acceptors (Lipinski definition) is 2. The summed E-state index contributed by atoms with van der Waals surface area (Å²) in [5.74, 6) is -0.343. The fourth-order valence-electron chi connectivity index (χ4n) is 2.26. The Hall–Kier alpha value is -2.07. The van der Waals surface area contributed by atoms with Crippen molar-refractivity contribution >= 4 is 17.5 Å². The summed E-state index contributed by atoms with van der Waals surface area (Å²) in [4.78, 5) is 27.0. The normalized spacial score (nSPS) is 12.0. The quantitative estimate of drug-likeness (QED) is 0.884. The van der Waals surface area contributed by atoms with Gasteiger partial charge in [0.25, 0.3) is 11.5 Å². The Morgan fingerprint density at radius 3 is 2.50 bits per heavy atom. The minimum Gasteiger partial charge on any atom is -0.349 e. The molecule has 1 aromatic heterocycles. The highest BCUT2D eigenvalue weighted by molar-refractivity contribution is 6.30. The first kappa shape index (κ1) is 16.3. The van der Waals surface area contributed by atoms with Crippen LogP contribution in [0.25, 0.3) is 11.3 Å². The maximum absolute atomic E-state index is 12.1. The van der Waals surface area contributed by atoms with Crippen molar-refractivity contribution in [2.75, 3.05) is 0 Å². The van der Waals surface area contributed by atoms with E-state index < -0.39 is 5.56 Å². The van der Waals surface area contributed by atoms with E-state index >= 15 is 0 Å². The molecule has 1 heterocycles. The predicted molar refractivity (Wildman–Crippen MR) is 89.3 cm³/mol. The van der Waals surface area contributed by atoms with Crippen molar-refractivity contribution in [3.8, 4) is 11.3 Å². The Balaban J connectivity index is 2.21. The van der Waals surface area contributed by atoms with Crippen LogP contribution in [0.15, 0.2) is 41.2 Å². The number of pyridine rings is 1. The Kier molecular flexibility index (Phi) is 5.39. The minimum absolute atomic E-state index is 0.0489. The summed E-state index contributed by atoms with van der Waals surface area (Å²) in [6.07, 6.45) is 1.86. The van der Waals surface area contributed by atoms with Crippen LogP contribution in [-0.4, -0.2) is 16.9 Å². The van der Waals surface area contributed by atoms with Gasteiger partial charge in [0.1, 0.15) is 5.56 Å². The summed E-state index contributed by atoms with van der Waals surface area (Å²) in [5.41, 5.74) is 1.22. The van der Waals surface area contributed by atoms with E-state index in [9.17, 15) is 9.59 Å². The highest BCUT2D eigenvalue weighted by atomic mass is 35.5. The summed E-state index contributed by atoms with van der Waals surface area (Å²) >= 11 is 5.85. The van der Waals surface area contributed by atoms with E-state index in [1.807, 2.05) is 19.1 Å². The van der Waals surface area contributed by atoms with Crippen LogP contribution in [-0.2, 0) is 0 Å². The second-order valence-corrected chi connectivity index (χ2v) is 5.72. The Labute approximate surface area is 134 Å². The number of carbonyl (C=O) groups is 1. The van der Waals surface area contributed by atoms with E-state index in [1.165, 1.54) is 0 Å². The number of hydrogen-bond donors (Lipinski definition) is 2. The maximum Gasteiger partial charge on any atom is 0.261 e. The second-order valence-electron chi connectivity index (χ2n) is 5.28. The number of aromatic amines is 1. The molecule has 0 aliphatic heterocycles. The number of halogens is 1. The molecule has 0 unspecified atom stereocenters. The summed E-state index contributed by atoms with van der Waals surface area (Å²) < 4.78 is 0. The molecule has 0 bridgehead atoms. The third-order valence-corrected chi connectivity index (χ3v) is 3.66. The van der Waals surface area contributed by atoms with Crippen LogP contribution in [0.2, 0.25) is 5.02 Å². The van der Waals surface area contributed by atoms with Crippen LogP contribution in [0.1, 0.15) is 37.0 Å². The minimum atomic E-state index is -0.395. The van der Waals surface area contributed by atoms with Gasteiger partial charge in [-0.15, -0.1) is 0 Å². The summed E-state index contributed by atoms with van der Waals surface area (Å²) in [6, 6.07) is 10.5. The van der Waals surface area contributed by atoms with E-state index in [0.29, 0.717) is 10.7 Å². The molecule has 1 amide bonds. The molecule has 22 heavy (non-hydrogen) atoms. The molecular formula is C17H19ClN2O2.